The predicted octanol–water partition coefficient (Wildman–Crippen LogP) is 2.39. The first-order chi connectivity index (χ1) is 8.31. The number of piperidine rings is 1. The fraction of sp³-hybridized carbons (Fsp3) is 0.929. The van der Waals surface area contributed by atoms with Crippen molar-refractivity contribution in [2.45, 2.75) is 64.0 Å². The Morgan fingerprint density at radius 2 is 2.12 bits per heavy atom. The van der Waals surface area contributed by atoms with Crippen LogP contribution in [0.5, 0.6) is 0 Å². The van der Waals surface area contributed by atoms with Gasteiger partial charge < -0.3 is 4.74 Å². The number of carbonyl (C=O) groups is 1. The molecule has 2 fully saturated rings. The topological polar surface area (TPSA) is 29.5 Å². The summed E-state index contributed by atoms with van der Waals surface area (Å²) in [6.07, 6.45) is 8.08. The van der Waals surface area contributed by atoms with Gasteiger partial charge in [0.1, 0.15) is 5.78 Å². The monoisotopic (exact) mass is 239 g/mol. The number of nitrogens with zero attached hydrogens (tertiary/aromatic N) is 1. The minimum Gasteiger partial charge on any atom is -0.377 e. The fourth-order valence-corrected chi connectivity index (χ4v) is 3.15. The van der Waals surface area contributed by atoms with E-state index in [1.54, 1.807) is 0 Å². The summed E-state index contributed by atoms with van der Waals surface area (Å²) in [6, 6.07) is 0.195. The molecule has 0 bridgehead atoms. The number of ether oxygens (including phenoxy) is 1. The Morgan fingerprint density at radius 1 is 1.24 bits per heavy atom. The Balaban J connectivity index is 1.92. The van der Waals surface area contributed by atoms with Crippen molar-refractivity contribution in [3.05, 3.63) is 0 Å². The van der Waals surface area contributed by atoms with Gasteiger partial charge in [-0.05, 0) is 39.2 Å². The molecule has 0 N–H and O–H groups in total. The molecule has 2 atom stereocenters. The van der Waals surface area contributed by atoms with Crippen LogP contribution in [-0.2, 0) is 9.53 Å². The van der Waals surface area contributed by atoms with E-state index in [1.165, 1.54) is 19.3 Å². The molecule has 0 radical (unpaired) electrons. The first-order valence-electron chi connectivity index (χ1n) is 7.19. The average Bonchev–Trinajstić information content (AvgIpc) is 2.55. The van der Waals surface area contributed by atoms with Crippen LogP contribution in [0.2, 0.25) is 0 Å². The predicted molar refractivity (Wildman–Crippen MR) is 68.1 cm³/mol. The van der Waals surface area contributed by atoms with E-state index in [1.807, 2.05) is 0 Å². The molecule has 17 heavy (non-hydrogen) atoms. The number of carbonyl (C=O) groups excluding carboxylic acids is 1. The van der Waals surface area contributed by atoms with Crippen molar-refractivity contribution >= 4 is 5.78 Å². The second-order valence-corrected chi connectivity index (χ2v) is 5.30. The summed E-state index contributed by atoms with van der Waals surface area (Å²) in [6.45, 7) is 4.89. The minimum atomic E-state index is 0.195. The van der Waals surface area contributed by atoms with Crippen molar-refractivity contribution in [1.29, 1.82) is 0 Å². The lowest BCUT2D eigenvalue weighted by Gasteiger charge is -2.37. The zero-order chi connectivity index (χ0) is 12.1. The highest BCUT2D eigenvalue weighted by Crippen LogP contribution is 2.23. The molecule has 0 aromatic heterocycles. The third kappa shape index (κ3) is 3.52. The molecular weight excluding hydrogens is 214 g/mol. The van der Waals surface area contributed by atoms with E-state index in [-0.39, 0.29) is 6.04 Å². The molecule has 1 saturated carbocycles. The van der Waals surface area contributed by atoms with Gasteiger partial charge >= 0.3 is 0 Å². The minimum absolute atomic E-state index is 0.195. The first kappa shape index (κ1) is 13.0. The molecule has 2 rings (SSSR count). The molecule has 0 aromatic carbocycles. The maximum Gasteiger partial charge on any atom is 0.149 e. The van der Waals surface area contributed by atoms with Gasteiger partial charge in [0.05, 0.1) is 12.1 Å². The van der Waals surface area contributed by atoms with Crippen LogP contribution in [0.1, 0.15) is 51.9 Å². The standard InChI is InChI=1S/C14H25NO2/c1-2-17-12-7-6-10-15(11-12)13-8-4-3-5-9-14(13)16/h12-13H,2-11H2,1H3. The number of hydrogen-bond acceptors (Lipinski definition) is 3. The molecule has 2 unspecified atom stereocenters. The number of Topliss-reactive ketones (excluding diaryl/α,β-unsaturated/α-hetero) is 1. The summed E-state index contributed by atoms with van der Waals surface area (Å²) in [5.41, 5.74) is 0. The lowest BCUT2D eigenvalue weighted by molar-refractivity contribution is -0.125. The molecule has 0 aromatic rings. The summed E-state index contributed by atoms with van der Waals surface area (Å²) in [7, 11) is 0. The lowest BCUT2D eigenvalue weighted by atomic mass is 10.0. The van der Waals surface area contributed by atoms with Crippen LogP contribution in [0.4, 0.5) is 0 Å². The molecule has 3 nitrogen and oxygen atoms in total. The first-order valence-corrected chi connectivity index (χ1v) is 7.19. The highest BCUT2D eigenvalue weighted by molar-refractivity contribution is 5.84. The largest absolute Gasteiger partial charge is 0.377 e. The molecule has 3 heteroatoms. The van der Waals surface area contributed by atoms with Crippen molar-refractivity contribution in [3.63, 3.8) is 0 Å². The fourth-order valence-electron chi connectivity index (χ4n) is 3.15. The van der Waals surface area contributed by atoms with Crippen LogP contribution < -0.4 is 0 Å². The summed E-state index contributed by atoms with van der Waals surface area (Å²) >= 11 is 0. The third-order valence-electron chi connectivity index (χ3n) is 4.03. The van der Waals surface area contributed by atoms with E-state index >= 15 is 0 Å². The van der Waals surface area contributed by atoms with E-state index in [4.69, 9.17) is 4.74 Å². The van der Waals surface area contributed by atoms with Gasteiger partial charge in [0, 0.05) is 19.6 Å². The van der Waals surface area contributed by atoms with Gasteiger partial charge in [-0.3, -0.25) is 9.69 Å². The van der Waals surface area contributed by atoms with Gasteiger partial charge in [0.25, 0.3) is 0 Å². The van der Waals surface area contributed by atoms with Crippen molar-refractivity contribution in [2.24, 2.45) is 0 Å². The average molecular weight is 239 g/mol. The van der Waals surface area contributed by atoms with Crippen LogP contribution in [0.25, 0.3) is 0 Å². The molecule has 0 spiro atoms. The number of rotatable bonds is 3. The maximum atomic E-state index is 12.1. The second-order valence-electron chi connectivity index (χ2n) is 5.30. The lowest BCUT2D eigenvalue weighted by Crippen LogP contribution is -2.48. The van der Waals surface area contributed by atoms with Gasteiger partial charge in [-0.1, -0.05) is 12.8 Å². The summed E-state index contributed by atoms with van der Waals surface area (Å²) in [4.78, 5) is 14.5. The van der Waals surface area contributed by atoms with Gasteiger partial charge in [0.2, 0.25) is 0 Å². The van der Waals surface area contributed by atoms with Crippen molar-refractivity contribution in [3.8, 4) is 0 Å². The normalized spacial score (nSPS) is 32.4. The molecule has 1 saturated heterocycles. The zero-order valence-corrected chi connectivity index (χ0v) is 11.0. The van der Waals surface area contributed by atoms with E-state index in [0.717, 1.165) is 45.4 Å². The molecular formula is C14H25NO2. The molecule has 98 valence electrons. The number of ketones is 1. The smallest absolute Gasteiger partial charge is 0.149 e. The van der Waals surface area contributed by atoms with Gasteiger partial charge in [-0.15, -0.1) is 0 Å². The number of hydrogen-bond donors (Lipinski definition) is 0. The summed E-state index contributed by atoms with van der Waals surface area (Å²) in [5.74, 6) is 0.472. The SMILES string of the molecule is CCOC1CCCN(C2CCCCCC2=O)C1. The van der Waals surface area contributed by atoms with Crippen LogP contribution in [0.15, 0.2) is 0 Å². The van der Waals surface area contributed by atoms with E-state index in [0.29, 0.717) is 11.9 Å². The highest BCUT2D eigenvalue weighted by atomic mass is 16.5. The summed E-state index contributed by atoms with van der Waals surface area (Å²) < 4.78 is 5.72. The quantitative estimate of drug-likeness (QED) is 0.708. The summed E-state index contributed by atoms with van der Waals surface area (Å²) in [5, 5.41) is 0. The Hall–Kier alpha value is -0.410. The van der Waals surface area contributed by atoms with Crippen molar-refractivity contribution in [1.82, 2.24) is 4.90 Å². The van der Waals surface area contributed by atoms with Crippen LogP contribution in [-0.4, -0.2) is 42.5 Å². The maximum absolute atomic E-state index is 12.1. The zero-order valence-electron chi connectivity index (χ0n) is 11.0. The van der Waals surface area contributed by atoms with E-state index < -0.39 is 0 Å². The Morgan fingerprint density at radius 3 is 2.94 bits per heavy atom. The third-order valence-corrected chi connectivity index (χ3v) is 4.03. The molecule has 1 aliphatic carbocycles. The van der Waals surface area contributed by atoms with Gasteiger partial charge in [0.15, 0.2) is 0 Å². The molecule has 1 aliphatic heterocycles. The van der Waals surface area contributed by atoms with E-state index in [2.05, 4.69) is 11.8 Å². The molecule has 2 aliphatic rings. The number of likely N-dealkylation sites (tertiary alicyclic amines) is 1. The second kappa shape index (κ2) is 6.50. The van der Waals surface area contributed by atoms with Gasteiger partial charge in [-0.25, -0.2) is 0 Å². The Bertz CT molecular complexity index is 253. The van der Waals surface area contributed by atoms with Gasteiger partial charge in [-0.2, -0.15) is 0 Å². The van der Waals surface area contributed by atoms with Crippen LogP contribution in [0, 0.1) is 0 Å². The van der Waals surface area contributed by atoms with Crippen LogP contribution >= 0.6 is 0 Å². The molecule has 0 amide bonds. The van der Waals surface area contributed by atoms with Crippen molar-refractivity contribution in [2.75, 3.05) is 19.7 Å². The Labute approximate surface area is 105 Å². The van der Waals surface area contributed by atoms with Crippen molar-refractivity contribution < 1.29 is 9.53 Å². The van der Waals surface area contributed by atoms with Crippen LogP contribution in [0.3, 0.4) is 0 Å². The van der Waals surface area contributed by atoms with E-state index in [9.17, 15) is 4.79 Å². The Kier molecular flexibility index (Phi) is 4.99. The molecule has 1 heterocycles. The highest BCUT2D eigenvalue weighted by Gasteiger charge is 2.30.